The number of fused-ring (bicyclic) bond motifs is 1. The number of rotatable bonds is 5. The quantitative estimate of drug-likeness (QED) is 0.679. The molecule has 2 aromatic carbocycles. The maximum atomic E-state index is 13.8. The normalized spacial score (nSPS) is 10.8. The summed E-state index contributed by atoms with van der Waals surface area (Å²) in [5.41, 5.74) is 4.47. The van der Waals surface area contributed by atoms with Crippen molar-refractivity contribution >= 4 is 22.3 Å². The lowest BCUT2D eigenvalue weighted by atomic mass is 9.93. The highest BCUT2D eigenvalue weighted by atomic mass is 19.1. The number of carboxylic acids is 1. The third-order valence-electron chi connectivity index (χ3n) is 4.31. The van der Waals surface area contributed by atoms with Crippen molar-refractivity contribution < 1.29 is 19.0 Å². The molecule has 0 radical (unpaired) electrons. The van der Waals surface area contributed by atoms with Gasteiger partial charge in [-0.15, -0.1) is 0 Å². The van der Waals surface area contributed by atoms with E-state index in [1.807, 2.05) is 32.0 Å². The average Bonchev–Trinajstić information content (AvgIpc) is 2.61. The number of halogens is 1. The summed E-state index contributed by atoms with van der Waals surface area (Å²) in [5, 5.41) is 10.5. The number of carbonyl (C=O) groups is 1. The van der Waals surface area contributed by atoms with Crippen LogP contribution in [-0.2, 0) is 4.79 Å². The van der Waals surface area contributed by atoms with Gasteiger partial charge in [0.05, 0.1) is 5.69 Å². The molecule has 1 N–H and O–H groups in total. The van der Waals surface area contributed by atoms with Gasteiger partial charge in [0.2, 0.25) is 5.88 Å². The zero-order valence-electron chi connectivity index (χ0n) is 15.5. The van der Waals surface area contributed by atoms with Crippen LogP contribution in [0.25, 0.3) is 27.5 Å². The molecule has 1 heterocycles. The topological polar surface area (TPSA) is 59.4 Å². The first kappa shape index (κ1) is 18.6. The van der Waals surface area contributed by atoms with Gasteiger partial charge in [0.1, 0.15) is 5.82 Å². The first-order valence-corrected chi connectivity index (χ1v) is 8.49. The summed E-state index contributed by atoms with van der Waals surface area (Å²) in [5.74, 6) is -1.10. The monoisotopic (exact) mass is 365 g/mol. The van der Waals surface area contributed by atoms with E-state index < -0.39 is 12.6 Å². The van der Waals surface area contributed by atoms with Crippen molar-refractivity contribution in [1.82, 2.24) is 4.98 Å². The van der Waals surface area contributed by atoms with Crippen LogP contribution in [0.15, 0.2) is 43.0 Å². The highest BCUT2D eigenvalue weighted by Gasteiger charge is 2.18. The Morgan fingerprint density at radius 1 is 1.19 bits per heavy atom. The summed E-state index contributed by atoms with van der Waals surface area (Å²) >= 11 is 0. The zero-order valence-corrected chi connectivity index (χ0v) is 15.5. The molecule has 0 atom stereocenters. The van der Waals surface area contributed by atoms with Gasteiger partial charge in [0, 0.05) is 10.9 Å². The number of aliphatic carboxylic acids is 1. The first-order valence-electron chi connectivity index (χ1n) is 8.49. The zero-order chi connectivity index (χ0) is 19.7. The maximum Gasteiger partial charge on any atom is 0.341 e. The van der Waals surface area contributed by atoms with Gasteiger partial charge < -0.3 is 9.84 Å². The fourth-order valence-electron chi connectivity index (χ4n) is 3.04. The van der Waals surface area contributed by atoms with Crippen LogP contribution >= 0.6 is 0 Å². The second-order valence-corrected chi connectivity index (χ2v) is 6.62. The van der Waals surface area contributed by atoms with Crippen molar-refractivity contribution in [1.29, 1.82) is 0 Å². The molecule has 4 nitrogen and oxygen atoms in total. The van der Waals surface area contributed by atoms with Crippen LogP contribution in [0.4, 0.5) is 4.39 Å². The molecule has 3 aromatic rings. The lowest BCUT2D eigenvalue weighted by Crippen LogP contribution is -2.11. The maximum absolute atomic E-state index is 13.8. The number of carboxylic acid groups (broad SMARTS) is 1. The number of allylic oxidation sites excluding steroid dienone is 1. The van der Waals surface area contributed by atoms with Crippen molar-refractivity contribution in [2.75, 3.05) is 6.61 Å². The molecule has 3 rings (SSSR count). The van der Waals surface area contributed by atoms with E-state index in [2.05, 4.69) is 11.6 Å². The number of hydrogen-bond acceptors (Lipinski definition) is 3. The Morgan fingerprint density at radius 2 is 1.93 bits per heavy atom. The third-order valence-corrected chi connectivity index (χ3v) is 4.31. The van der Waals surface area contributed by atoms with Gasteiger partial charge in [-0.25, -0.2) is 14.2 Å². The average molecular weight is 365 g/mol. The summed E-state index contributed by atoms with van der Waals surface area (Å²) in [4.78, 5) is 15.5. The first-order chi connectivity index (χ1) is 12.8. The van der Waals surface area contributed by atoms with E-state index in [1.165, 1.54) is 6.07 Å². The van der Waals surface area contributed by atoms with Crippen molar-refractivity contribution in [3.63, 3.8) is 0 Å². The molecule has 0 unspecified atom stereocenters. The van der Waals surface area contributed by atoms with Gasteiger partial charge in [0.15, 0.2) is 6.61 Å². The molecular formula is C22H20FNO3. The molecule has 0 fully saturated rings. The predicted octanol–water partition coefficient (Wildman–Crippen LogP) is 5.15. The number of pyridine rings is 1. The van der Waals surface area contributed by atoms with Gasteiger partial charge in [-0.1, -0.05) is 30.3 Å². The summed E-state index contributed by atoms with van der Waals surface area (Å²) < 4.78 is 19.2. The molecule has 0 aliphatic carbocycles. The Balaban J connectivity index is 2.36. The Bertz CT molecular complexity index is 1070. The number of aryl methyl sites for hydroxylation is 2. The largest absolute Gasteiger partial charge is 0.479 e. The van der Waals surface area contributed by atoms with Crippen molar-refractivity contribution in [2.45, 2.75) is 20.8 Å². The number of hydrogen-bond donors (Lipinski definition) is 1. The van der Waals surface area contributed by atoms with Crippen LogP contribution in [0.2, 0.25) is 0 Å². The van der Waals surface area contributed by atoms with E-state index in [1.54, 1.807) is 19.1 Å². The number of ether oxygens (including phenoxy) is 1. The Kier molecular flexibility index (Phi) is 4.95. The fraction of sp³-hybridized carbons (Fsp3) is 0.182. The molecule has 1 aromatic heterocycles. The second-order valence-electron chi connectivity index (χ2n) is 6.62. The van der Waals surface area contributed by atoms with Gasteiger partial charge in [-0.05, 0) is 61.1 Å². The van der Waals surface area contributed by atoms with Gasteiger partial charge in [-0.3, -0.25) is 0 Å². The fourth-order valence-corrected chi connectivity index (χ4v) is 3.04. The highest BCUT2D eigenvalue weighted by Crippen LogP contribution is 2.39. The van der Waals surface area contributed by atoms with Crippen LogP contribution in [0.1, 0.15) is 23.7 Å². The van der Waals surface area contributed by atoms with E-state index in [-0.39, 0.29) is 11.7 Å². The molecule has 0 spiro atoms. The van der Waals surface area contributed by atoms with Gasteiger partial charge in [0.25, 0.3) is 0 Å². The van der Waals surface area contributed by atoms with Crippen LogP contribution in [-0.4, -0.2) is 22.7 Å². The molecule has 5 heteroatoms. The van der Waals surface area contributed by atoms with Gasteiger partial charge >= 0.3 is 5.97 Å². The van der Waals surface area contributed by atoms with Crippen LogP contribution in [0, 0.1) is 19.7 Å². The van der Waals surface area contributed by atoms with E-state index in [0.29, 0.717) is 22.2 Å². The standard InChI is InChI=1S/C22H20FNO3/c1-12(2)21-20(15-6-8-18(23)14(4)10-15)16-7-5-13(3)9-17(16)22(24-21)27-11-19(25)26/h5-10H,1,11H2,2-4H3,(H,25,26). The molecule has 0 amide bonds. The Hall–Kier alpha value is -3.21. The minimum absolute atomic E-state index is 0.247. The molecule has 27 heavy (non-hydrogen) atoms. The van der Waals surface area contributed by atoms with Crippen molar-refractivity contribution in [3.05, 3.63) is 65.6 Å². The molecule has 0 saturated carbocycles. The predicted molar refractivity (Wildman–Crippen MR) is 104 cm³/mol. The van der Waals surface area contributed by atoms with E-state index >= 15 is 0 Å². The van der Waals surface area contributed by atoms with E-state index in [4.69, 9.17) is 9.84 Å². The van der Waals surface area contributed by atoms with Crippen molar-refractivity contribution in [3.8, 4) is 17.0 Å². The van der Waals surface area contributed by atoms with Crippen LogP contribution in [0.5, 0.6) is 5.88 Å². The van der Waals surface area contributed by atoms with Crippen molar-refractivity contribution in [2.24, 2.45) is 0 Å². The SMILES string of the molecule is C=C(C)c1nc(OCC(=O)O)c2cc(C)ccc2c1-c1ccc(F)c(C)c1. The molecule has 0 bridgehead atoms. The summed E-state index contributed by atoms with van der Waals surface area (Å²) in [7, 11) is 0. The summed E-state index contributed by atoms with van der Waals surface area (Å²) in [6.07, 6.45) is 0. The molecule has 0 aliphatic heterocycles. The summed E-state index contributed by atoms with van der Waals surface area (Å²) in [6.45, 7) is 8.99. The minimum Gasteiger partial charge on any atom is -0.479 e. The molecular weight excluding hydrogens is 345 g/mol. The third kappa shape index (κ3) is 3.67. The molecule has 0 saturated heterocycles. The Morgan fingerprint density at radius 3 is 2.56 bits per heavy atom. The van der Waals surface area contributed by atoms with E-state index in [0.717, 1.165) is 22.1 Å². The number of aromatic nitrogens is 1. The highest BCUT2D eigenvalue weighted by molar-refractivity contribution is 6.03. The number of benzene rings is 2. The Labute approximate surface area is 156 Å². The lowest BCUT2D eigenvalue weighted by Gasteiger charge is -2.17. The molecule has 0 aliphatic rings. The van der Waals surface area contributed by atoms with E-state index in [9.17, 15) is 9.18 Å². The van der Waals surface area contributed by atoms with Crippen LogP contribution < -0.4 is 4.74 Å². The van der Waals surface area contributed by atoms with Crippen LogP contribution in [0.3, 0.4) is 0 Å². The summed E-state index contributed by atoms with van der Waals surface area (Å²) in [6, 6.07) is 10.7. The second kappa shape index (κ2) is 7.19. The van der Waals surface area contributed by atoms with Gasteiger partial charge in [-0.2, -0.15) is 0 Å². The lowest BCUT2D eigenvalue weighted by molar-refractivity contribution is -0.139. The molecule has 138 valence electrons. The minimum atomic E-state index is -1.08. The number of nitrogens with zero attached hydrogens (tertiary/aromatic N) is 1. The smallest absolute Gasteiger partial charge is 0.341 e.